The Morgan fingerprint density at radius 1 is 1.40 bits per heavy atom. The van der Waals surface area contributed by atoms with Crippen molar-refractivity contribution in [3.63, 3.8) is 0 Å². The highest BCUT2D eigenvalue weighted by Gasteiger charge is 2.21. The lowest BCUT2D eigenvalue weighted by Gasteiger charge is -2.12. The van der Waals surface area contributed by atoms with Gasteiger partial charge in [-0.05, 0) is 34.1 Å². The van der Waals surface area contributed by atoms with Crippen molar-refractivity contribution in [2.75, 3.05) is 5.32 Å². The van der Waals surface area contributed by atoms with Gasteiger partial charge < -0.3 is 5.32 Å². The SMILES string of the molecule is CC(C)(C)c1nc(C(=O)Nc2ccc(Br)c(F)c2)n[nH]1. The molecular formula is C13H14BrFN4O. The van der Waals surface area contributed by atoms with Gasteiger partial charge in [0.25, 0.3) is 5.91 Å². The second-order valence-corrected chi connectivity index (χ2v) is 6.19. The number of halogens is 2. The zero-order valence-electron chi connectivity index (χ0n) is 11.3. The second kappa shape index (κ2) is 5.32. The van der Waals surface area contributed by atoms with Gasteiger partial charge in [-0.3, -0.25) is 9.89 Å². The highest BCUT2D eigenvalue weighted by Crippen LogP contribution is 2.20. The number of amides is 1. The van der Waals surface area contributed by atoms with Crippen LogP contribution in [0.2, 0.25) is 0 Å². The van der Waals surface area contributed by atoms with Crippen LogP contribution in [0.15, 0.2) is 22.7 Å². The smallest absolute Gasteiger partial charge is 0.295 e. The third-order valence-electron chi connectivity index (χ3n) is 2.58. The summed E-state index contributed by atoms with van der Waals surface area (Å²) in [6.07, 6.45) is 0. The highest BCUT2D eigenvalue weighted by molar-refractivity contribution is 9.10. The van der Waals surface area contributed by atoms with Gasteiger partial charge in [0, 0.05) is 11.1 Å². The molecule has 0 aliphatic heterocycles. The molecule has 0 fully saturated rings. The third-order valence-corrected chi connectivity index (χ3v) is 3.22. The van der Waals surface area contributed by atoms with Crippen LogP contribution in [0.25, 0.3) is 0 Å². The number of hydrogen-bond acceptors (Lipinski definition) is 3. The van der Waals surface area contributed by atoms with E-state index < -0.39 is 11.7 Å². The van der Waals surface area contributed by atoms with Crippen LogP contribution >= 0.6 is 15.9 Å². The zero-order chi connectivity index (χ0) is 14.9. The van der Waals surface area contributed by atoms with Gasteiger partial charge in [0.1, 0.15) is 11.6 Å². The van der Waals surface area contributed by atoms with Crippen LogP contribution in [0, 0.1) is 5.82 Å². The van der Waals surface area contributed by atoms with E-state index in [1.165, 1.54) is 12.1 Å². The summed E-state index contributed by atoms with van der Waals surface area (Å²) in [5, 5.41) is 9.14. The quantitative estimate of drug-likeness (QED) is 0.881. The molecule has 106 valence electrons. The van der Waals surface area contributed by atoms with E-state index in [0.29, 0.717) is 16.0 Å². The summed E-state index contributed by atoms with van der Waals surface area (Å²) in [4.78, 5) is 16.1. The number of anilines is 1. The van der Waals surface area contributed by atoms with Crippen LogP contribution in [0.3, 0.4) is 0 Å². The lowest BCUT2D eigenvalue weighted by atomic mass is 9.96. The van der Waals surface area contributed by atoms with Crippen molar-refractivity contribution >= 4 is 27.5 Å². The third kappa shape index (κ3) is 3.22. The maximum atomic E-state index is 13.4. The fourth-order valence-electron chi connectivity index (χ4n) is 1.46. The molecule has 0 radical (unpaired) electrons. The average Bonchev–Trinajstić information content (AvgIpc) is 2.83. The number of nitrogens with zero attached hydrogens (tertiary/aromatic N) is 2. The molecule has 5 nitrogen and oxygen atoms in total. The molecule has 1 aromatic carbocycles. The normalized spacial score (nSPS) is 11.4. The lowest BCUT2D eigenvalue weighted by Crippen LogP contribution is -2.16. The van der Waals surface area contributed by atoms with Crippen LogP contribution in [0.1, 0.15) is 37.2 Å². The Morgan fingerprint density at radius 3 is 2.65 bits per heavy atom. The Bertz CT molecular complexity index is 648. The zero-order valence-corrected chi connectivity index (χ0v) is 12.9. The van der Waals surface area contributed by atoms with Crippen LogP contribution in [0.4, 0.5) is 10.1 Å². The number of carbonyl (C=O) groups excluding carboxylic acids is 1. The highest BCUT2D eigenvalue weighted by atomic mass is 79.9. The van der Waals surface area contributed by atoms with Crippen LogP contribution in [-0.2, 0) is 5.41 Å². The van der Waals surface area contributed by atoms with Crippen LogP contribution in [-0.4, -0.2) is 21.1 Å². The maximum Gasteiger partial charge on any atom is 0.295 e. The lowest BCUT2D eigenvalue weighted by molar-refractivity contribution is 0.101. The van der Waals surface area contributed by atoms with E-state index in [4.69, 9.17) is 0 Å². The monoisotopic (exact) mass is 340 g/mol. The number of rotatable bonds is 2. The van der Waals surface area contributed by atoms with Crippen LogP contribution in [0.5, 0.6) is 0 Å². The first kappa shape index (κ1) is 14.6. The Kier molecular flexibility index (Phi) is 3.89. The number of benzene rings is 1. The first-order valence-electron chi connectivity index (χ1n) is 5.96. The van der Waals surface area contributed by atoms with Crippen molar-refractivity contribution in [1.82, 2.24) is 15.2 Å². The number of hydrogen-bond donors (Lipinski definition) is 2. The molecule has 2 N–H and O–H groups in total. The average molecular weight is 341 g/mol. The minimum Gasteiger partial charge on any atom is -0.319 e. The van der Waals surface area contributed by atoms with E-state index in [-0.39, 0.29) is 11.2 Å². The maximum absolute atomic E-state index is 13.4. The summed E-state index contributed by atoms with van der Waals surface area (Å²) in [5.74, 6) is -0.297. The molecule has 0 saturated carbocycles. The molecule has 0 saturated heterocycles. The Balaban J connectivity index is 2.16. The molecule has 7 heteroatoms. The van der Waals surface area contributed by atoms with E-state index in [9.17, 15) is 9.18 Å². The molecule has 1 aromatic heterocycles. The van der Waals surface area contributed by atoms with Gasteiger partial charge in [0.05, 0.1) is 4.47 Å². The standard InChI is InChI=1S/C13H14BrFN4O/c1-13(2,3)12-17-10(18-19-12)11(20)16-7-4-5-8(14)9(15)6-7/h4-6H,1-3H3,(H,16,20)(H,17,18,19). The molecule has 2 rings (SSSR count). The second-order valence-electron chi connectivity index (χ2n) is 5.34. The van der Waals surface area contributed by atoms with Crippen molar-refractivity contribution in [2.24, 2.45) is 0 Å². The van der Waals surface area contributed by atoms with Crippen molar-refractivity contribution in [1.29, 1.82) is 0 Å². The summed E-state index contributed by atoms with van der Waals surface area (Å²) in [7, 11) is 0. The summed E-state index contributed by atoms with van der Waals surface area (Å²) in [6, 6.07) is 4.32. The summed E-state index contributed by atoms with van der Waals surface area (Å²) < 4.78 is 13.7. The Morgan fingerprint density at radius 2 is 2.10 bits per heavy atom. The summed E-state index contributed by atoms with van der Waals surface area (Å²) in [6.45, 7) is 5.87. The van der Waals surface area contributed by atoms with Crippen molar-refractivity contribution < 1.29 is 9.18 Å². The van der Waals surface area contributed by atoms with E-state index in [2.05, 4.69) is 36.4 Å². The molecular weight excluding hydrogens is 327 g/mol. The molecule has 0 aliphatic rings. The molecule has 1 amide bonds. The molecule has 2 aromatic rings. The minimum absolute atomic E-state index is 0.0262. The molecule has 0 atom stereocenters. The van der Waals surface area contributed by atoms with Gasteiger partial charge in [-0.25, -0.2) is 9.37 Å². The number of aromatic amines is 1. The van der Waals surface area contributed by atoms with Gasteiger partial charge in [0.2, 0.25) is 5.82 Å². The van der Waals surface area contributed by atoms with Crippen LogP contribution < -0.4 is 5.32 Å². The topological polar surface area (TPSA) is 70.7 Å². The fourth-order valence-corrected chi connectivity index (χ4v) is 1.71. The molecule has 0 bridgehead atoms. The summed E-state index contributed by atoms with van der Waals surface area (Å²) in [5.41, 5.74) is 0.118. The first-order chi connectivity index (χ1) is 9.27. The summed E-state index contributed by atoms with van der Waals surface area (Å²) >= 11 is 3.05. The molecule has 0 unspecified atom stereocenters. The van der Waals surface area contributed by atoms with Crippen molar-refractivity contribution in [3.05, 3.63) is 40.1 Å². The first-order valence-corrected chi connectivity index (χ1v) is 6.76. The molecule has 1 heterocycles. The van der Waals surface area contributed by atoms with Gasteiger partial charge in [-0.1, -0.05) is 20.8 Å². The Labute approximate surface area is 124 Å². The predicted octanol–water partition coefficient (Wildman–Crippen LogP) is 3.26. The van der Waals surface area contributed by atoms with E-state index in [0.717, 1.165) is 0 Å². The van der Waals surface area contributed by atoms with Crippen molar-refractivity contribution in [3.8, 4) is 0 Å². The van der Waals surface area contributed by atoms with Gasteiger partial charge in [0.15, 0.2) is 0 Å². The predicted molar refractivity (Wildman–Crippen MR) is 77.1 cm³/mol. The largest absolute Gasteiger partial charge is 0.319 e. The molecule has 20 heavy (non-hydrogen) atoms. The van der Waals surface area contributed by atoms with Gasteiger partial charge in [-0.15, -0.1) is 5.10 Å². The number of H-pyrrole nitrogens is 1. The molecule has 0 spiro atoms. The van der Waals surface area contributed by atoms with Gasteiger partial charge in [-0.2, -0.15) is 0 Å². The van der Waals surface area contributed by atoms with E-state index >= 15 is 0 Å². The number of aromatic nitrogens is 3. The molecule has 0 aliphatic carbocycles. The number of nitrogens with one attached hydrogen (secondary N) is 2. The minimum atomic E-state index is -0.488. The van der Waals surface area contributed by atoms with Crippen molar-refractivity contribution in [2.45, 2.75) is 26.2 Å². The fraction of sp³-hybridized carbons (Fsp3) is 0.308. The number of carbonyl (C=O) groups is 1. The van der Waals surface area contributed by atoms with Gasteiger partial charge >= 0.3 is 0 Å². The van der Waals surface area contributed by atoms with E-state index in [1.54, 1.807) is 6.07 Å². The Hall–Kier alpha value is -1.76. The van der Waals surface area contributed by atoms with E-state index in [1.807, 2.05) is 20.8 Å².